The third-order valence-corrected chi connectivity index (χ3v) is 3.75. The molecule has 0 amide bonds. The Morgan fingerprint density at radius 3 is 2.50 bits per heavy atom. The molecule has 3 nitrogen and oxygen atoms in total. The summed E-state index contributed by atoms with van der Waals surface area (Å²) >= 11 is 0. The zero-order chi connectivity index (χ0) is 13.1. The normalized spacial score (nSPS) is 21.2. The fourth-order valence-corrected chi connectivity index (χ4v) is 2.78. The van der Waals surface area contributed by atoms with Crippen molar-refractivity contribution in [2.24, 2.45) is 0 Å². The van der Waals surface area contributed by atoms with Gasteiger partial charge in [-0.1, -0.05) is 18.6 Å². The van der Waals surface area contributed by atoms with Crippen LogP contribution >= 0.6 is 0 Å². The molecule has 98 valence electrons. The van der Waals surface area contributed by atoms with Crippen molar-refractivity contribution >= 4 is 5.97 Å². The van der Waals surface area contributed by atoms with E-state index in [1.54, 1.807) is 12.1 Å². The molecule has 1 atom stereocenters. The third kappa shape index (κ3) is 2.72. The topological polar surface area (TPSA) is 40.5 Å². The van der Waals surface area contributed by atoms with Crippen molar-refractivity contribution in [1.29, 1.82) is 0 Å². The van der Waals surface area contributed by atoms with E-state index in [1.807, 2.05) is 12.1 Å². The molecule has 1 fully saturated rings. The van der Waals surface area contributed by atoms with E-state index in [0.29, 0.717) is 17.6 Å². The molecule has 1 heterocycles. The first kappa shape index (κ1) is 13.1. The van der Waals surface area contributed by atoms with E-state index < -0.39 is 5.97 Å². The van der Waals surface area contributed by atoms with Crippen molar-refractivity contribution in [2.45, 2.75) is 45.2 Å². The second-order valence-corrected chi connectivity index (χ2v) is 5.27. The maximum Gasteiger partial charge on any atom is 0.335 e. The molecule has 0 aliphatic carbocycles. The molecule has 1 saturated heterocycles. The van der Waals surface area contributed by atoms with Crippen molar-refractivity contribution in [3.05, 3.63) is 35.4 Å². The number of hydrogen-bond donors (Lipinski definition) is 1. The number of piperidine rings is 1. The smallest absolute Gasteiger partial charge is 0.335 e. The van der Waals surface area contributed by atoms with Crippen molar-refractivity contribution in [2.75, 3.05) is 6.54 Å². The second kappa shape index (κ2) is 5.53. The highest BCUT2D eigenvalue weighted by Crippen LogP contribution is 2.32. The second-order valence-electron chi connectivity index (χ2n) is 5.27. The zero-order valence-electron chi connectivity index (χ0n) is 11.1. The van der Waals surface area contributed by atoms with Crippen LogP contribution in [-0.2, 0) is 0 Å². The van der Waals surface area contributed by atoms with Crippen LogP contribution in [0.1, 0.15) is 55.1 Å². The van der Waals surface area contributed by atoms with E-state index >= 15 is 0 Å². The zero-order valence-corrected chi connectivity index (χ0v) is 11.1. The summed E-state index contributed by atoms with van der Waals surface area (Å²) in [7, 11) is 0. The molecule has 1 aromatic carbocycles. The van der Waals surface area contributed by atoms with Gasteiger partial charge in [0.1, 0.15) is 0 Å². The summed E-state index contributed by atoms with van der Waals surface area (Å²) in [5.41, 5.74) is 1.61. The van der Waals surface area contributed by atoms with Gasteiger partial charge in [0.05, 0.1) is 5.56 Å². The Bertz CT molecular complexity index is 411. The highest BCUT2D eigenvalue weighted by Gasteiger charge is 2.25. The molecule has 0 radical (unpaired) electrons. The number of carboxylic acid groups (broad SMARTS) is 1. The summed E-state index contributed by atoms with van der Waals surface area (Å²) in [6, 6.07) is 8.34. The highest BCUT2D eigenvalue weighted by molar-refractivity contribution is 5.87. The Balaban J connectivity index is 2.20. The molecule has 0 aromatic heterocycles. The van der Waals surface area contributed by atoms with Gasteiger partial charge in [0, 0.05) is 12.1 Å². The predicted octanol–water partition coefficient (Wildman–Crippen LogP) is 3.32. The van der Waals surface area contributed by atoms with E-state index in [9.17, 15) is 4.79 Å². The summed E-state index contributed by atoms with van der Waals surface area (Å²) in [6.45, 7) is 5.59. The predicted molar refractivity (Wildman–Crippen MR) is 71.8 cm³/mol. The lowest BCUT2D eigenvalue weighted by atomic mass is 9.93. The van der Waals surface area contributed by atoms with Crippen molar-refractivity contribution in [1.82, 2.24) is 4.90 Å². The van der Waals surface area contributed by atoms with E-state index in [0.717, 1.165) is 6.54 Å². The van der Waals surface area contributed by atoms with Crippen LogP contribution in [0.25, 0.3) is 0 Å². The first-order chi connectivity index (χ1) is 8.59. The monoisotopic (exact) mass is 247 g/mol. The van der Waals surface area contributed by atoms with Crippen molar-refractivity contribution < 1.29 is 9.90 Å². The molecule has 1 unspecified atom stereocenters. The lowest BCUT2D eigenvalue weighted by molar-refractivity contribution is 0.0696. The number of rotatable bonds is 3. The highest BCUT2D eigenvalue weighted by atomic mass is 16.4. The number of carbonyl (C=O) groups is 1. The number of hydrogen-bond acceptors (Lipinski definition) is 2. The van der Waals surface area contributed by atoms with Gasteiger partial charge < -0.3 is 5.11 Å². The van der Waals surface area contributed by atoms with Gasteiger partial charge in [-0.3, -0.25) is 4.90 Å². The van der Waals surface area contributed by atoms with Gasteiger partial charge in [-0.15, -0.1) is 0 Å². The Kier molecular flexibility index (Phi) is 4.02. The number of likely N-dealkylation sites (tertiary alicyclic amines) is 1. The molecule has 0 bridgehead atoms. The molecule has 1 aromatic rings. The maximum absolute atomic E-state index is 10.9. The van der Waals surface area contributed by atoms with E-state index in [1.165, 1.54) is 24.8 Å². The van der Waals surface area contributed by atoms with Gasteiger partial charge in [-0.2, -0.15) is 0 Å². The van der Waals surface area contributed by atoms with E-state index in [2.05, 4.69) is 18.7 Å². The molecule has 1 aliphatic heterocycles. The van der Waals surface area contributed by atoms with Gasteiger partial charge in [0.2, 0.25) is 0 Å². The van der Waals surface area contributed by atoms with Crippen LogP contribution in [0.3, 0.4) is 0 Å². The molecular weight excluding hydrogens is 226 g/mol. The Morgan fingerprint density at radius 1 is 1.28 bits per heavy atom. The largest absolute Gasteiger partial charge is 0.478 e. The number of carboxylic acids is 1. The van der Waals surface area contributed by atoms with E-state index in [4.69, 9.17) is 5.11 Å². The minimum Gasteiger partial charge on any atom is -0.478 e. The molecule has 18 heavy (non-hydrogen) atoms. The average Bonchev–Trinajstić information content (AvgIpc) is 2.39. The summed E-state index contributed by atoms with van der Waals surface area (Å²) in [5.74, 6) is -0.856. The summed E-state index contributed by atoms with van der Waals surface area (Å²) in [6.07, 6.45) is 3.70. The fraction of sp³-hybridized carbons (Fsp3) is 0.533. The van der Waals surface area contributed by atoms with Crippen LogP contribution in [0.15, 0.2) is 24.3 Å². The lowest BCUT2D eigenvalue weighted by Crippen LogP contribution is -2.38. The minimum atomic E-state index is -0.856. The van der Waals surface area contributed by atoms with Gasteiger partial charge in [0.25, 0.3) is 0 Å². The van der Waals surface area contributed by atoms with Crippen LogP contribution < -0.4 is 0 Å². The van der Waals surface area contributed by atoms with Gasteiger partial charge >= 0.3 is 5.97 Å². The summed E-state index contributed by atoms with van der Waals surface area (Å²) < 4.78 is 0. The molecule has 0 spiro atoms. The number of nitrogens with zero attached hydrogens (tertiary/aromatic N) is 1. The first-order valence-electron chi connectivity index (χ1n) is 6.68. The lowest BCUT2D eigenvalue weighted by Gasteiger charge is -2.39. The van der Waals surface area contributed by atoms with Crippen LogP contribution in [0.5, 0.6) is 0 Å². The minimum absolute atomic E-state index is 0.366. The van der Waals surface area contributed by atoms with Crippen molar-refractivity contribution in [3.63, 3.8) is 0 Å². The van der Waals surface area contributed by atoms with Gasteiger partial charge in [-0.25, -0.2) is 4.79 Å². The maximum atomic E-state index is 10.9. The summed E-state index contributed by atoms with van der Waals surface area (Å²) in [5, 5.41) is 8.92. The average molecular weight is 247 g/mol. The van der Waals surface area contributed by atoms with Crippen LogP contribution in [-0.4, -0.2) is 28.6 Å². The third-order valence-electron chi connectivity index (χ3n) is 3.75. The fourth-order valence-electron chi connectivity index (χ4n) is 2.78. The molecular formula is C15H21NO2. The molecule has 1 aliphatic rings. The molecule has 1 N–H and O–H groups in total. The van der Waals surface area contributed by atoms with Crippen LogP contribution in [0.4, 0.5) is 0 Å². The Hall–Kier alpha value is -1.35. The van der Waals surface area contributed by atoms with Crippen molar-refractivity contribution in [3.8, 4) is 0 Å². The number of benzene rings is 1. The molecule has 3 heteroatoms. The van der Waals surface area contributed by atoms with Crippen LogP contribution in [0.2, 0.25) is 0 Å². The van der Waals surface area contributed by atoms with E-state index in [-0.39, 0.29) is 0 Å². The first-order valence-corrected chi connectivity index (χ1v) is 6.68. The van der Waals surface area contributed by atoms with Gasteiger partial charge in [-0.05, 0) is 50.9 Å². The molecule has 0 saturated carbocycles. The summed E-state index contributed by atoms with van der Waals surface area (Å²) in [4.78, 5) is 13.4. The van der Waals surface area contributed by atoms with Gasteiger partial charge in [0.15, 0.2) is 0 Å². The standard InChI is InChI=1S/C15H21NO2/c1-11(2)16-10-4-3-5-14(16)12-6-8-13(9-7-12)15(17)18/h6-9,11,14H,3-5,10H2,1-2H3,(H,17,18). The Morgan fingerprint density at radius 2 is 1.94 bits per heavy atom. The quantitative estimate of drug-likeness (QED) is 0.890. The Labute approximate surface area is 108 Å². The van der Waals surface area contributed by atoms with Crippen LogP contribution in [0, 0.1) is 0 Å². The SMILES string of the molecule is CC(C)N1CCCCC1c1ccc(C(=O)O)cc1. The number of aromatic carboxylic acids is 1. The molecule has 2 rings (SSSR count).